The van der Waals surface area contributed by atoms with Gasteiger partial charge in [0.25, 0.3) is 0 Å². The fraction of sp³-hybridized carbons (Fsp3) is 0.125. The molecule has 0 heterocycles. The van der Waals surface area contributed by atoms with Crippen molar-refractivity contribution in [3.8, 4) is 0 Å². The van der Waals surface area contributed by atoms with Crippen LogP contribution >= 0.6 is 0 Å². The van der Waals surface area contributed by atoms with Crippen LogP contribution in [0.2, 0.25) is 0 Å². The summed E-state index contributed by atoms with van der Waals surface area (Å²) in [5.41, 5.74) is 1.85. The summed E-state index contributed by atoms with van der Waals surface area (Å²) < 4.78 is 35.8. The van der Waals surface area contributed by atoms with E-state index in [9.17, 15) is 8.42 Å². The first kappa shape index (κ1) is 17.6. The van der Waals surface area contributed by atoms with Crippen molar-refractivity contribution in [3.05, 3.63) is 65.7 Å². The van der Waals surface area contributed by atoms with Gasteiger partial charge in [-0.15, -0.1) is 5.11 Å². The highest BCUT2D eigenvalue weighted by atomic mass is 32.3. The largest absolute Gasteiger partial charge is 0.446 e. The molecule has 2 rings (SSSR count). The Kier molecular flexibility index (Phi) is 5.67. The third-order valence-electron chi connectivity index (χ3n) is 2.78. The summed E-state index contributed by atoms with van der Waals surface area (Å²) in [4.78, 5) is 0. The van der Waals surface area contributed by atoms with Crippen molar-refractivity contribution < 1.29 is 17.2 Å². The van der Waals surface area contributed by atoms with Gasteiger partial charge >= 0.3 is 10.4 Å². The van der Waals surface area contributed by atoms with E-state index >= 15 is 0 Å². The molecule has 0 aromatic heterocycles. The second-order valence-corrected chi connectivity index (χ2v) is 6.04. The third-order valence-corrected chi connectivity index (χ3v) is 3.17. The van der Waals surface area contributed by atoms with Crippen LogP contribution in [0.5, 0.6) is 0 Å². The quantitative estimate of drug-likeness (QED) is 0.284. The summed E-state index contributed by atoms with van der Waals surface area (Å²) in [6.07, 6.45) is 1.51. The Labute approximate surface area is 140 Å². The smallest absolute Gasteiger partial charge is 0.361 e. The van der Waals surface area contributed by atoms with Gasteiger partial charge in [0.2, 0.25) is 0 Å². The van der Waals surface area contributed by atoms with E-state index in [1.54, 1.807) is 73.7 Å². The predicted molar refractivity (Wildman–Crippen MR) is 91.6 cm³/mol. The van der Waals surface area contributed by atoms with E-state index in [4.69, 9.17) is 4.55 Å². The lowest BCUT2D eigenvalue weighted by atomic mass is 10.1. The number of benzene rings is 2. The van der Waals surface area contributed by atoms with Crippen molar-refractivity contribution in [3.63, 3.8) is 0 Å². The number of nitrogens with zero attached hydrogens (tertiary/aromatic N) is 3. The molecule has 126 valence electrons. The van der Waals surface area contributed by atoms with E-state index in [-0.39, 0.29) is 5.76 Å². The SMILES string of the molecule is CN(C)N=Nc1ccc(/C=C(\OS(=O)(=O)O)c2ccccc2)cc1. The zero-order valence-electron chi connectivity index (χ0n) is 13.2. The number of hydrogen-bond acceptors (Lipinski definition) is 5. The second kappa shape index (κ2) is 7.71. The highest BCUT2D eigenvalue weighted by molar-refractivity contribution is 7.81. The van der Waals surface area contributed by atoms with Gasteiger partial charge in [0.05, 0.1) is 5.69 Å². The fourth-order valence-corrected chi connectivity index (χ4v) is 2.17. The zero-order chi connectivity index (χ0) is 17.6. The maximum absolute atomic E-state index is 11.1. The Morgan fingerprint density at radius 1 is 1.08 bits per heavy atom. The first-order chi connectivity index (χ1) is 11.3. The standard InChI is InChI=1S/C16H17N3O4S/c1-19(2)18-17-15-10-8-13(9-11-15)12-16(23-24(20,21)22)14-6-4-3-5-7-14/h3-12H,1-2H3,(H,20,21,22)/b16-12-,18-17?. The molecule has 0 aliphatic carbocycles. The van der Waals surface area contributed by atoms with Crippen molar-refractivity contribution in [2.75, 3.05) is 14.1 Å². The Morgan fingerprint density at radius 3 is 2.25 bits per heavy atom. The van der Waals surface area contributed by atoms with Crippen LogP contribution < -0.4 is 0 Å². The normalized spacial score (nSPS) is 12.4. The van der Waals surface area contributed by atoms with Gasteiger partial charge in [-0.25, -0.2) is 0 Å². The molecule has 0 fully saturated rings. The van der Waals surface area contributed by atoms with Crippen LogP contribution in [0.25, 0.3) is 11.8 Å². The van der Waals surface area contributed by atoms with Crippen LogP contribution in [0.3, 0.4) is 0 Å². The van der Waals surface area contributed by atoms with Crippen LogP contribution in [-0.4, -0.2) is 32.1 Å². The Bertz CT molecular complexity index is 829. The fourth-order valence-electron chi connectivity index (χ4n) is 1.80. The molecular formula is C16H17N3O4S. The highest BCUT2D eigenvalue weighted by Crippen LogP contribution is 2.22. The molecule has 8 heteroatoms. The molecule has 7 nitrogen and oxygen atoms in total. The summed E-state index contributed by atoms with van der Waals surface area (Å²) in [6, 6.07) is 15.6. The molecule has 0 spiro atoms. The van der Waals surface area contributed by atoms with Gasteiger partial charge in [-0.1, -0.05) is 47.7 Å². The van der Waals surface area contributed by atoms with Crippen molar-refractivity contribution in [1.29, 1.82) is 0 Å². The number of hydrogen-bond donors (Lipinski definition) is 1. The van der Waals surface area contributed by atoms with Gasteiger partial charge in [-0.05, 0) is 23.8 Å². The summed E-state index contributed by atoms with van der Waals surface area (Å²) in [7, 11) is -1.10. The summed E-state index contributed by atoms with van der Waals surface area (Å²) in [6.45, 7) is 0. The van der Waals surface area contributed by atoms with E-state index < -0.39 is 10.4 Å². The van der Waals surface area contributed by atoms with Crippen molar-refractivity contribution >= 4 is 27.9 Å². The average molecular weight is 347 g/mol. The Hall–Kier alpha value is -2.71. The van der Waals surface area contributed by atoms with E-state index in [1.807, 2.05) is 0 Å². The minimum Gasteiger partial charge on any atom is -0.361 e. The average Bonchev–Trinajstić information content (AvgIpc) is 2.53. The Morgan fingerprint density at radius 2 is 1.71 bits per heavy atom. The van der Waals surface area contributed by atoms with E-state index in [0.29, 0.717) is 16.8 Å². The van der Waals surface area contributed by atoms with Gasteiger partial charge in [0.1, 0.15) is 0 Å². The molecular weight excluding hydrogens is 330 g/mol. The van der Waals surface area contributed by atoms with Crippen LogP contribution in [-0.2, 0) is 14.6 Å². The third kappa shape index (κ3) is 5.82. The second-order valence-electron chi connectivity index (χ2n) is 5.01. The lowest BCUT2D eigenvalue weighted by Crippen LogP contribution is -2.03. The van der Waals surface area contributed by atoms with Gasteiger partial charge in [-0.3, -0.25) is 9.56 Å². The summed E-state index contributed by atoms with van der Waals surface area (Å²) in [5.74, 6) is 0.0146. The molecule has 0 radical (unpaired) electrons. The monoisotopic (exact) mass is 347 g/mol. The molecule has 1 N–H and O–H groups in total. The molecule has 0 atom stereocenters. The molecule has 2 aromatic carbocycles. The molecule has 0 aliphatic rings. The van der Waals surface area contributed by atoms with Gasteiger partial charge in [-0.2, -0.15) is 8.42 Å². The lowest BCUT2D eigenvalue weighted by molar-refractivity contribution is 0.371. The minimum absolute atomic E-state index is 0.0146. The minimum atomic E-state index is -4.63. The molecule has 24 heavy (non-hydrogen) atoms. The van der Waals surface area contributed by atoms with Crippen LogP contribution in [0.1, 0.15) is 11.1 Å². The summed E-state index contributed by atoms with van der Waals surface area (Å²) in [5, 5.41) is 9.46. The van der Waals surface area contributed by atoms with Crippen LogP contribution in [0.4, 0.5) is 5.69 Å². The van der Waals surface area contributed by atoms with E-state index in [1.165, 1.54) is 6.08 Å². The lowest BCUT2D eigenvalue weighted by Gasteiger charge is -2.07. The van der Waals surface area contributed by atoms with Gasteiger partial charge in [0, 0.05) is 19.7 Å². The van der Waals surface area contributed by atoms with Crippen molar-refractivity contribution in [2.24, 2.45) is 10.3 Å². The van der Waals surface area contributed by atoms with Crippen molar-refractivity contribution in [2.45, 2.75) is 0 Å². The molecule has 0 saturated heterocycles. The zero-order valence-corrected chi connectivity index (χ0v) is 14.0. The van der Waals surface area contributed by atoms with Gasteiger partial charge in [0.15, 0.2) is 5.76 Å². The number of rotatable bonds is 6. The summed E-state index contributed by atoms with van der Waals surface area (Å²) >= 11 is 0. The molecule has 0 aliphatic heterocycles. The maximum atomic E-state index is 11.1. The molecule has 0 bridgehead atoms. The first-order valence-electron chi connectivity index (χ1n) is 6.96. The molecule has 0 unspecified atom stereocenters. The Balaban J connectivity index is 2.32. The van der Waals surface area contributed by atoms with E-state index in [0.717, 1.165) is 0 Å². The molecule has 2 aromatic rings. The van der Waals surface area contributed by atoms with Crippen molar-refractivity contribution in [1.82, 2.24) is 5.01 Å². The van der Waals surface area contributed by atoms with Crippen LogP contribution in [0.15, 0.2) is 64.9 Å². The molecule has 0 saturated carbocycles. The van der Waals surface area contributed by atoms with Crippen LogP contribution in [0, 0.1) is 0 Å². The maximum Gasteiger partial charge on any atom is 0.446 e. The molecule has 0 amide bonds. The van der Waals surface area contributed by atoms with Gasteiger partial charge < -0.3 is 4.18 Å². The topological polar surface area (TPSA) is 91.6 Å². The predicted octanol–water partition coefficient (Wildman–Crippen LogP) is 3.56. The highest BCUT2D eigenvalue weighted by Gasteiger charge is 2.12. The van der Waals surface area contributed by atoms with E-state index in [2.05, 4.69) is 14.5 Å². The first-order valence-corrected chi connectivity index (χ1v) is 8.33.